The van der Waals surface area contributed by atoms with Crippen molar-refractivity contribution >= 4 is 5.97 Å². The molecule has 0 rings (SSSR count). The fourth-order valence-corrected chi connectivity index (χ4v) is 0.855. The van der Waals surface area contributed by atoms with Crippen molar-refractivity contribution in [1.82, 2.24) is 0 Å². The van der Waals surface area contributed by atoms with Crippen molar-refractivity contribution in [3.8, 4) is 0 Å². The van der Waals surface area contributed by atoms with Crippen LogP contribution in [0.15, 0.2) is 35.5 Å². The van der Waals surface area contributed by atoms with Gasteiger partial charge in [0.05, 0.1) is 5.57 Å². The average molecular weight is 194 g/mol. The highest BCUT2D eigenvalue weighted by atomic mass is 16.4. The Labute approximate surface area is 85.6 Å². The molecule has 14 heavy (non-hydrogen) atoms. The predicted octanol–water partition coefficient (Wildman–Crippen LogP) is 3.32. The van der Waals surface area contributed by atoms with Crippen molar-refractivity contribution in [3.63, 3.8) is 0 Å². The molecular formula is C12H18O2. The summed E-state index contributed by atoms with van der Waals surface area (Å²) in [6.07, 6.45) is 4.96. The Hall–Kier alpha value is -1.31. The maximum Gasteiger partial charge on any atom is 0.335 e. The van der Waals surface area contributed by atoms with Gasteiger partial charge in [-0.1, -0.05) is 31.6 Å². The second-order valence-electron chi connectivity index (χ2n) is 3.26. The molecule has 0 saturated heterocycles. The maximum atomic E-state index is 10.8. The van der Waals surface area contributed by atoms with Crippen molar-refractivity contribution in [2.75, 3.05) is 0 Å². The molecular weight excluding hydrogens is 176 g/mol. The van der Waals surface area contributed by atoms with E-state index in [-0.39, 0.29) is 0 Å². The highest BCUT2D eigenvalue weighted by Gasteiger charge is 2.03. The standard InChI is InChI=1S/C12H18O2/c1-5-9(3)7-11(12(13)14)8-10(4)6-2/h7-8H,3,5-6H2,1-2,4H3,(H,13,14)/b10-8+,11-7+. The number of hydrogen-bond acceptors (Lipinski definition) is 1. The number of rotatable bonds is 5. The van der Waals surface area contributed by atoms with E-state index < -0.39 is 5.97 Å². The van der Waals surface area contributed by atoms with E-state index in [9.17, 15) is 4.79 Å². The van der Waals surface area contributed by atoms with Crippen molar-refractivity contribution in [3.05, 3.63) is 35.5 Å². The summed E-state index contributed by atoms with van der Waals surface area (Å²) in [6, 6.07) is 0. The van der Waals surface area contributed by atoms with Gasteiger partial charge in [0.2, 0.25) is 0 Å². The van der Waals surface area contributed by atoms with E-state index in [0.717, 1.165) is 24.0 Å². The first-order chi connectivity index (χ1) is 6.51. The molecule has 0 aliphatic carbocycles. The number of carbonyl (C=O) groups is 1. The summed E-state index contributed by atoms with van der Waals surface area (Å²) < 4.78 is 0. The van der Waals surface area contributed by atoms with Gasteiger partial charge in [0.1, 0.15) is 0 Å². The summed E-state index contributed by atoms with van der Waals surface area (Å²) in [5.41, 5.74) is 2.21. The normalized spacial score (nSPS) is 12.8. The summed E-state index contributed by atoms with van der Waals surface area (Å²) in [4.78, 5) is 10.8. The Morgan fingerprint density at radius 2 is 1.86 bits per heavy atom. The van der Waals surface area contributed by atoms with Crippen molar-refractivity contribution < 1.29 is 9.90 Å². The summed E-state index contributed by atoms with van der Waals surface area (Å²) in [5, 5.41) is 8.91. The number of hydrogen-bond donors (Lipinski definition) is 1. The molecule has 0 aliphatic heterocycles. The van der Waals surface area contributed by atoms with Gasteiger partial charge in [-0.2, -0.15) is 0 Å². The molecule has 2 nitrogen and oxygen atoms in total. The molecule has 0 amide bonds. The predicted molar refractivity (Wildman–Crippen MR) is 59.2 cm³/mol. The lowest BCUT2D eigenvalue weighted by Crippen LogP contribution is -1.99. The summed E-state index contributed by atoms with van der Waals surface area (Å²) in [7, 11) is 0. The molecule has 0 unspecified atom stereocenters. The van der Waals surface area contributed by atoms with E-state index in [0.29, 0.717) is 5.57 Å². The van der Waals surface area contributed by atoms with Gasteiger partial charge in [-0.3, -0.25) is 0 Å². The zero-order chi connectivity index (χ0) is 11.1. The second kappa shape index (κ2) is 6.19. The zero-order valence-electron chi connectivity index (χ0n) is 9.13. The molecule has 0 saturated carbocycles. The van der Waals surface area contributed by atoms with Crippen LogP contribution in [0.25, 0.3) is 0 Å². The van der Waals surface area contributed by atoms with Crippen LogP contribution in [0, 0.1) is 0 Å². The van der Waals surface area contributed by atoms with Gasteiger partial charge < -0.3 is 5.11 Å². The van der Waals surface area contributed by atoms with Crippen LogP contribution >= 0.6 is 0 Å². The van der Waals surface area contributed by atoms with Crippen molar-refractivity contribution in [1.29, 1.82) is 0 Å². The molecule has 2 heteroatoms. The van der Waals surface area contributed by atoms with E-state index in [2.05, 4.69) is 6.58 Å². The molecule has 0 bridgehead atoms. The molecule has 0 aromatic rings. The lowest BCUT2D eigenvalue weighted by atomic mass is 10.1. The summed E-state index contributed by atoms with van der Waals surface area (Å²) in [6.45, 7) is 9.63. The van der Waals surface area contributed by atoms with Gasteiger partial charge in [-0.05, 0) is 31.9 Å². The van der Waals surface area contributed by atoms with Crippen LogP contribution in [0.4, 0.5) is 0 Å². The SMILES string of the molecule is C=C(/C=C(\C=C(/C)CC)C(=O)O)CC. The Bertz CT molecular complexity index is 283. The fourth-order valence-electron chi connectivity index (χ4n) is 0.855. The Morgan fingerprint density at radius 1 is 1.29 bits per heavy atom. The van der Waals surface area contributed by atoms with Crippen LogP contribution in [0.5, 0.6) is 0 Å². The van der Waals surface area contributed by atoms with E-state index in [4.69, 9.17) is 5.11 Å². The Kier molecular flexibility index (Phi) is 5.61. The smallest absolute Gasteiger partial charge is 0.335 e. The first-order valence-corrected chi connectivity index (χ1v) is 4.81. The quantitative estimate of drug-likeness (QED) is 0.538. The first-order valence-electron chi connectivity index (χ1n) is 4.81. The molecule has 0 radical (unpaired) electrons. The van der Waals surface area contributed by atoms with Gasteiger partial charge in [0.15, 0.2) is 0 Å². The first kappa shape index (κ1) is 12.7. The molecule has 0 fully saturated rings. The highest BCUT2D eigenvalue weighted by molar-refractivity contribution is 5.90. The van der Waals surface area contributed by atoms with Crippen LogP contribution in [0.3, 0.4) is 0 Å². The molecule has 0 atom stereocenters. The number of carboxylic acids is 1. The van der Waals surface area contributed by atoms with Gasteiger partial charge in [0.25, 0.3) is 0 Å². The minimum absolute atomic E-state index is 0.316. The van der Waals surface area contributed by atoms with Gasteiger partial charge in [-0.15, -0.1) is 0 Å². The molecule has 1 N–H and O–H groups in total. The van der Waals surface area contributed by atoms with Gasteiger partial charge >= 0.3 is 5.97 Å². The maximum absolute atomic E-state index is 10.8. The molecule has 0 aromatic carbocycles. The minimum atomic E-state index is -0.896. The average Bonchev–Trinajstić information content (AvgIpc) is 2.16. The Balaban J connectivity index is 4.87. The third-order valence-corrected chi connectivity index (χ3v) is 2.02. The molecule has 0 aliphatic rings. The monoisotopic (exact) mass is 194 g/mol. The van der Waals surface area contributed by atoms with Gasteiger partial charge in [0, 0.05) is 0 Å². The minimum Gasteiger partial charge on any atom is -0.478 e. The third kappa shape index (κ3) is 4.65. The van der Waals surface area contributed by atoms with E-state index in [1.165, 1.54) is 0 Å². The number of carboxylic acid groups (broad SMARTS) is 1. The van der Waals surface area contributed by atoms with Crippen LogP contribution in [0.2, 0.25) is 0 Å². The van der Waals surface area contributed by atoms with Crippen LogP contribution in [0.1, 0.15) is 33.6 Å². The highest BCUT2D eigenvalue weighted by Crippen LogP contribution is 2.10. The van der Waals surface area contributed by atoms with Crippen LogP contribution < -0.4 is 0 Å². The largest absolute Gasteiger partial charge is 0.478 e. The zero-order valence-corrected chi connectivity index (χ0v) is 9.13. The van der Waals surface area contributed by atoms with Crippen LogP contribution in [-0.4, -0.2) is 11.1 Å². The molecule has 0 aromatic heterocycles. The van der Waals surface area contributed by atoms with E-state index >= 15 is 0 Å². The van der Waals surface area contributed by atoms with E-state index in [1.807, 2.05) is 20.8 Å². The molecule has 78 valence electrons. The lowest BCUT2D eigenvalue weighted by molar-refractivity contribution is -0.132. The van der Waals surface area contributed by atoms with Crippen molar-refractivity contribution in [2.24, 2.45) is 0 Å². The lowest BCUT2D eigenvalue weighted by Gasteiger charge is -1.99. The van der Waals surface area contributed by atoms with Crippen molar-refractivity contribution in [2.45, 2.75) is 33.6 Å². The number of aliphatic carboxylic acids is 1. The topological polar surface area (TPSA) is 37.3 Å². The Morgan fingerprint density at radius 3 is 2.21 bits per heavy atom. The van der Waals surface area contributed by atoms with E-state index in [1.54, 1.807) is 12.2 Å². The third-order valence-electron chi connectivity index (χ3n) is 2.02. The summed E-state index contributed by atoms with van der Waals surface area (Å²) in [5.74, 6) is -0.896. The van der Waals surface area contributed by atoms with Crippen LogP contribution in [-0.2, 0) is 4.79 Å². The fraction of sp³-hybridized carbons (Fsp3) is 0.417. The number of allylic oxidation sites excluding steroid dienone is 3. The van der Waals surface area contributed by atoms with Gasteiger partial charge in [-0.25, -0.2) is 4.79 Å². The molecule has 0 heterocycles. The molecule has 0 spiro atoms. The summed E-state index contributed by atoms with van der Waals surface area (Å²) >= 11 is 0. The second-order valence-corrected chi connectivity index (χ2v) is 3.26.